The Balaban J connectivity index is 2.00. The summed E-state index contributed by atoms with van der Waals surface area (Å²) < 4.78 is 48.8. The van der Waals surface area contributed by atoms with Crippen molar-refractivity contribution in [1.82, 2.24) is 24.7 Å². The van der Waals surface area contributed by atoms with Gasteiger partial charge in [0, 0.05) is 34.6 Å². The van der Waals surface area contributed by atoms with Crippen LogP contribution < -0.4 is 4.74 Å². The number of methoxy groups -OCH3 is 1. The van der Waals surface area contributed by atoms with E-state index < -0.39 is 17.5 Å². The molecule has 172 valence electrons. The van der Waals surface area contributed by atoms with Crippen molar-refractivity contribution in [2.75, 3.05) is 7.11 Å². The van der Waals surface area contributed by atoms with E-state index in [0.29, 0.717) is 28.1 Å². The van der Waals surface area contributed by atoms with E-state index in [1.54, 1.807) is 18.3 Å². The maximum atomic E-state index is 14.2. The molecular weight excluding hydrogens is 435 g/mol. The third kappa shape index (κ3) is 4.47. The lowest BCUT2D eigenvalue weighted by atomic mass is 9.97. The number of halogens is 3. The number of hydrogen-bond donors (Lipinski definition) is 2. The Kier molecular flexibility index (Phi) is 5.71. The number of benzene rings is 1. The van der Waals surface area contributed by atoms with E-state index in [1.807, 2.05) is 18.2 Å². The fourth-order valence-electron chi connectivity index (χ4n) is 3.77. The van der Waals surface area contributed by atoms with Crippen LogP contribution in [0.1, 0.15) is 19.5 Å². The predicted molar refractivity (Wildman–Crippen MR) is 116 cm³/mol. The van der Waals surface area contributed by atoms with Gasteiger partial charge in [-0.2, -0.15) is 18.3 Å². The lowest BCUT2D eigenvalue weighted by molar-refractivity contribution is -0.144. The Hall–Kier alpha value is -3.66. The fraction of sp³-hybridized carbons (Fsp3) is 0.261. The molecule has 0 aliphatic rings. The van der Waals surface area contributed by atoms with Crippen LogP contribution in [0.3, 0.4) is 0 Å². The molecule has 7 nitrogen and oxygen atoms in total. The molecule has 0 saturated heterocycles. The molecule has 0 spiro atoms. The van der Waals surface area contributed by atoms with E-state index in [2.05, 4.69) is 20.1 Å². The Bertz CT molecular complexity index is 1260. The SMILES string of the molecule is COc1ccccc1-c1c[nH]c(-c2cnn(CC(C)(C)O)c2C(F)(F)F)c1-c1ccncn1. The fourth-order valence-corrected chi connectivity index (χ4v) is 3.77. The number of para-hydroxylation sites is 1. The van der Waals surface area contributed by atoms with Crippen LogP contribution in [0.15, 0.2) is 55.2 Å². The van der Waals surface area contributed by atoms with Gasteiger partial charge in [-0.1, -0.05) is 18.2 Å². The number of ether oxygens (including phenoxy) is 1. The lowest BCUT2D eigenvalue weighted by Gasteiger charge is -2.20. The third-order valence-electron chi connectivity index (χ3n) is 5.03. The zero-order valence-corrected chi connectivity index (χ0v) is 18.2. The maximum Gasteiger partial charge on any atom is 0.433 e. The monoisotopic (exact) mass is 457 g/mol. The Labute approximate surface area is 187 Å². The van der Waals surface area contributed by atoms with E-state index in [1.165, 1.54) is 33.5 Å². The van der Waals surface area contributed by atoms with Crippen molar-refractivity contribution in [3.8, 4) is 39.4 Å². The summed E-state index contributed by atoms with van der Waals surface area (Å²) in [4.78, 5) is 11.2. The van der Waals surface area contributed by atoms with Gasteiger partial charge in [-0.3, -0.25) is 4.68 Å². The van der Waals surface area contributed by atoms with Gasteiger partial charge in [0.25, 0.3) is 0 Å². The van der Waals surface area contributed by atoms with E-state index in [-0.39, 0.29) is 17.8 Å². The summed E-state index contributed by atoms with van der Waals surface area (Å²) in [6, 6.07) is 8.84. The number of aromatic nitrogens is 5. The molecule has 2 N–H and O–H groups in total. The van der Waals surface area contributed by atoms with Crippen molar-refractivity contribution in [1.29, 1.82) is 0 Å². The third-order valence-corrected chi connectivity index (χ3v) is 5.03. The summed E-state index contributed by atoms with van der Waals surface area (Å²) in [5, 5.41) is 14.1. The molecule has 0 aliphatic carbocycles. The van der Waals surface area contributed by atoms with E-state index >= 15 is 0 Å². The summed E-state index contributed by atoms with van der Waals surface area (Å²) in [6.45, 7) is 2.52. The van der Waals surface area contributed by atoms with Crippen LogP contribution in [0, 0.1) is 0 Å². The topological polar surface area (TPSA) is 88.8 Å². The second-order valence-corrected chi connectivity index (χ2v) is 8.12. The average Bonchev–Trinajstić information content (AvgIpc) is 3.37. The molecule has 0 unspecified atom stereocenters. The number of nitrogens with one attached hydrogen (secondary N) is 1. The van der Waals surface area contributed by atoms with Crippen LogP contribution >= 0.6 is 0 Å². The summed E-state index contributed by atoms with van der Waals surface area (Å²) >= 11 is 0. The molecule has 3 aromatic heterocycles. The van der Waals surface area contributed by atoms with Crippen molar-refractivity contribution in [2.24, 2.45) is 0 Å². The molecule has 10 heteroatoms. The molecule has 0 atom stereocenters. The molecule has 0 fully saturated rings. The highest BCUT2D eigenvalue weighted by Crippen LogP contribution is 2.45. The Morgan fingerprint density at radius 2 is 1.85 bits per heavy atom. The largest absolute Gasteiger partial charge is 0.496 e. The number of rotatable bonds is 6. The summed E-state index contributed by atoms with van der Waals surface area (Å²) in [5.74, 6) is 0.562. The van der Waals surface area contributed by atoms with E-state index in [0.717, 1.165) is 10.9 Å². The Morgan fingerprint density at radius 3 is 2.48 bits per heavy atom. The molecule has 4 aromatic rings. The first-order chi connectivity index (χ1) is 15.6. The molecule has 4 rings (SSSR count). The van der Waals surface area contributed by atoms with Gasteiger partial charge < -0.3 is 14.8 Å². The standard InChI is InChI=1S/C23H22F3N5O2/c1-22(2,32)12-31-21(23(24,25)26)16(11-30-31)20-19(17-8-9-27-13-29-17)15(10-28-20)14-6-4-5-7-18(14)33-3/h4-11,13,28,32H,12H2,1-3H3. The van der Waals surface area contributed by atoms with Crippen LogP contribution in [0.25, 0.3) is 33.6 Å². The molecule has 1 aromatic carbocycles. The van der Waals surface area contributed by atoms with Crippen LogP contribution in [0.4, 0.5) is 13.2 Å². The lowest BCUT2D eigenvalue weighted by Crippen LogP contribution is -2.29. The number of H-pyrrole nitrogens is 1. The number of nitrogens with zero attached hydrogens (tertiary/aromatic N) is 4. The van der Waals surface area contributed by atoms with Crippen molar-refractivity contribution >= 4 is 0 Å². The zero-order valence-electron chi connectivity index (χ0n) is 18.2. The maximum absolute atomic E-state index is 14.2. The molecular formula is C23H22F3N5O2. The van der Waals surface area contributed by atoms with E-state index in [9.17, 15) is 18.3 Å². The Morgan fingerprint density at radius 1 is 1.09 bits per heavy atom. The molecule has 3 heterocycles. The van der Waals surface area contributed by atoms with Crippen LogP contribution in [-0.2, 0) is 12.7 Å². The number of aliphatic hydroxyl groups is 1. The van der Waals surface area contributed by atoms with Gasteiger partial charge in [-0.25, -0.2) is 9.97 Å². The van der Waals surface area contributed by atoms with Crippen LogP contribution in [0.2, 0.25) is 0 Å². The molecule has 0 aliphatic heterocycles. The first kappa shape index (κ1) is 22.5. The highest BCUT2D eigenvalue weighted by Gasteiger charge is 2.40. The number of aromatic amines is 1. The molecule has 0 amide bonds. The van der Waals surface area contributed by atoms with Gasteiger partial charge in [0.1, 0.15) is 12.1 Å². The van der Waals surface area contributed by atoms with Crippen molar-refractivity contribution in [3.63, 3.8) is 0 Å². The molecule has 33 heavy (non-hydrogen) atoms. The second-order valence-electron chi connectivity index (χ2n) is 8.12. The van der Waals surface area contributed by atoms with Gasteiger partial charge in [0.2, 0.25) is 0 Å². The minimum atomic E-state index is -4.71. The first-order valence-electron chi connectivity index (χ1n) is 10.1. The highest BCUT2D eigenvalue weighted by molar-refractivity contribution is 5.94. The quantitative estimate of drug-likeness (QED) is 0.434. The summed E-state index contributed by atoms with van der Waals surface area (Å²) in [6.07, 6.45) is 0.916. The van der Waals surface area contributed by atoms with Gasteiger partial charge >= 0.3 is 6.18 Å². The zero-order chi connectivity index (χ0) is 23.8. The first-order valence-corrected chi connectivity index (χ1v) is 10.1. The minimum Gasteiger partial charge on any atom is -0.496 e. The molecule has 0 bridgehead atoms. The molecule has 0 radical (unpaired) electrons. The van der Waals surface area contributed by atoms with Crippen molar-refractivity contribution in [2.45, 2.75) is 32.2 Å². The summed E-state index contributed by atoms with van der Waals surface area (Å²) in [5.41, 5.74) is -0.116. The van der Waals surface area contributed by atoms with Crippen molar-refractivity contribution < 1.29 is 23.0 Å². The summed E-state index contributed by atoms with van der Waals surface area (Å²) in [7, 11) is 1.53. The van der Waals surface area contributed by atoms with E-state index in [4.69, 9.17) is 4.74 Å². The highest BCUT2D eigenvalue weighted by atomic mass is 19.4. The van der Waals surface area contributed by atoms with Gasteiger partial charge in [0.15, 0.2) is 5.69 Å². The number of hydrogen-bond acceptors (Lipinski definition) is 5. The van der Waals surface area contributed by atoms with Crippen molar-refractivity contribution in [3.05, 3.63) is 60.9 Å². The van der Waals surface area contributed by atoms with Gasteiger partial charge in [-0.05, 0) is 26.0 Å². The second kappa shape index (κ2) is 8.36. The minimum absolute atomic E-state index is 0.151. The molecule has 0 saturated carbocycles. The number of alkyl halides is 3. The normalized spacial score (nSPS) is 12.2. The van der Waals surface area contributed by atoms with Gasteiger partial charge in [0.05, 0.1) is 36.8 Å². The predicted octanol–water partition coefficient (Wildman–Crippen LogP) is 4.80. The van der Waals surface area contributed by atoms with Crippen LogP contribution in [0.5, 0.6) is 5.75 Å². The smallest absolute Gasteiger partial charge is 0.433 e. The average molecular weight is 457 g/mol. The van der Waals surface area contributed by atoms with Crippen LogP contribution in [-0.4, -0.2) is 42.5 Å². The van der Waals surface area contributed by atoms with Gasteiger partial charge in [-0.15, -0.1) is 0 Å².